The Labute approximate surface area is 81.1 Å². The van der Waals surface area contributed by atoms with Gasteiger partial charge in [-0.05, 0) is 5.56 Å². The molecule has 0 aliphatic rings. The molecule has 0 fully saturated rings. The summed E-state index contributed by atoms with van der Waals surface area (Å²) in [5.74, 6) is -1.31. The van der Waals surface area contributed by atoms with Gasteiger partial charge in [-0.2, -0.15) is 0 Å². The molecule has 14 heavy (non-hydrogen) atoms. The normalized spacial score (nSPS) is 11.7. The molecule has 0 amide bonds. The third kappa shape index (κ3) is 2.48. The van der Waals surface area contributed by atoms with E-state index in [9.17, 15) is 4.79 Å². The lowest BCUT2D eigenvalue weighted by Gasteiger charge is -2.07. The summed E-state index contributed by atoms with van der Waals surface area (Å²) in [5, 5.41) is 8.86. The topological polar surface area (TPSA) is 102 Å². The molecule has 0 aromatic heterocycles. The predicted molar refractivity (Wildman–Crippen MR) is 52.6 cm³/mol. The van der Waals surface area contributed by atoms with E-state index in [0.717, 1.165) is 0 Å². The van der Waals surface area contributed by atoms with Crippen molar-refractivity contribution in [2.45, 2.75) is 6.04 Å². The van der Waals surface area contributed by atoms with Crippen molar-refractivity contribution in [3.05, 3.63) is 35.9 Å². The molecule has 0 aliphatic carbocycles. The molecule has 0 aliphatic heterocycles. The quantitative estimate of drug-likeness (QED) is 0.467. The molecule has 1 aromatic rings. The van der Waals surface area contributed by atoms with E-state index in [0.29, 0.717) is 5.56 Å². The second-order valence-electron chi connectivity index (χ2n) is 2.71. The fraction of sp³-hybridized carbons (Fsp3) is 0.111. The summed E-state index contributed by atoms with van der Waals surface area (Å²) >= 11 is 0. The fourth-order valence-electron chi connectivity index (χ4n) is 1.06. The van der Waals surface area contributed by atoms with Gasteiger partial charge in [-0.1, -0.05) is 30.3 Å². The van der Waals surface area contributed by atoms with E-state index >= 15 is 0 Å². The number of carbonyl (C=O) groups is 1. The number of benzene rings is 1. The average Bonchev–Trinajstić information content (AvgIpc) is 2.15. The van der Waals surface area contributed by atoms with Gasteiger partial charge in [0.1, 0.15) is 0 Å². The van der Waals surface area contributed by atoms with Crippen LogP contribution in [0.4, 0.5) is 0 Å². The molecule has 0 heterocycles. The molecule has 74 valence electrons. The summed E-state index contributed by atoms with van der Waals surface area (Å²) in [6.45, 7) is 0. The minimum Gasteiger partial charge on any atom is -0.479 e. The van der Waals surface area contributed by atoms with E-state index in [-0.39, 0.29) is 5.96 Å². The van der Waals surface area contributed by atoms with Crippen LogP contribution in [-0.2, 0) is 4.79 Å². The lowest BCUT2D eigenvalue weighted by molar-refractivity contribution is -0.138. The molecule has 0 unspecified atom stereocenters. The minimum atomic E-state index is -1.08. The van der Waals surface area contributed by atoms with Crippen LogP contribution in [0, 0.1) is 0 Å². The van der Waals surface area contributed by atoms with Crippen molar-refractivity contribution >= 4 is 11.9 Å². The van der Waals surface area contributed by atoms with Crippen LogP contribution in [0.5, 0.6) is 0 Å². The monoisotopic (exact) mass is 193 g/mol. The van der Waals surface area contributed by atoms with Gasteiger partial charge in [-0.25, -0.2) is 9.79 Å². The number of rotatable bonds is 3. The standard InChI is InChI=1S/C9H11N3O2/c10-9(11)12-7(8(13)14)6-4-2-1-3-5-6/h1-5,7H,(H,13,14)(H4,10,11,12)/t7-/m1/s1. The number of carboxylic acid groups (broad SMARTS) is 1. The molecular formula is C9H11N3O2. The van der Waals surface area contributed by atoms with Gasteiger partial charge in [0.25, 0.3) is 0 Å². The van der Waals surface area contributed by atoms with Gasteiger partial charge >= 0.3 is 5.97 Å². The first-order valence-electron chi connectivity index (χ1n) is 3.97. The maximum atomic E-state index is 10.8. The van der Waals surface area contributed by atoms with E-state index in [2.05, 4.69) is 4.99 Å². The molecule has 0 radical (unpaired) electrons. The van der Waals surface area contributed by atoms with Crippen molar-refractivity contribution in [2.24, 2.45) is 16.5 Å². The lowest BCUT2D eigenvalue weighted by Crippen LogP contribution is -2.25. The average molecular weight is 193 g/mol. The van der Waals surface area contributed by atoms with Gasteiger partial charge < -0.3 is 16.6 Å². The Morgan fingerprint density at radius 3 is 2.29 bits per heavy atom. The maximum absolute atomic E-state index is 10.8. The molecular weight excluding hydrogens is 182 g/mol. The van der Waals surface area contributed by atoms with Crippen molar-refractivity contribution in [3.8, 4) is 0 Å². The van der Waals surface area contributed by atoms with Crippen LogP contribution in [0.3, 0.4) is 0 Å². The Morgan fingerprint density at radius 2 is 1.86 bits per heavy atom. The van der Waals surface area contributed by atoms with E-state index < -0.39 is 12.0 Å². The highest BCUT2D eigenvalue weighted by Gasteiger charge is 2.17. The van der Waals surface area contributed by atoms with Gasteiger partial charge in [0.2, 0.25) is 0 Å². The highest BCUT2D eigenvalue weighted by atomic mass is 16.4. The third-order valence-corrected chi connectivity index (χ3v) is 1.63. The molecule has 1 atom stereocenters. The summed E-state index contributed by atoms with van der Waals surface area (Å²) in [6, 6.07) is 7.54. The second-order valence-corrected chi connectivity index (χ2v) is 2.71. The van der Waals surface area contributed by atoms with Crippen molar-refractivity contribution < 1.29 is 9.90 Å². The van der Waals surface area contributed by atoms with Gasteiger partial charge in [0, 0.05) is 0 Å². The zero-order valence-corrected chi connectivity index (χ0v) is 7.42. The van der Waals surface area contributed by atoms with E-state index in [4.69, 9.17) is 16.6 Å². The largest absolute Gasteiger partial charge is 0.479 e. The molecule has 5 nitrogen and oxygen atoms in total. The molecule has 1 aromatic carbocycles. The summed E-state index contributed by atoms with van der Waals surface area (Å²) in [4.78, 5) is 14.4. The Kier molecular flexibility index (Phi) is 3.06. The Balaban J connectivity index is 3.01. The van der Waals surface area contributed by atoms with Gasteiger partial charge in [0.15, 0.2) is 12.0 Å². The highest BCUT2D eigenvalue weighted by Crippen LogP contribution is 2.16. The number of aliphatic carboxylic acids is 1. The van der Waals surface area contributed by atoms with Gasteiger partial charge in [0.05, 0.1) is 0 Å². The SMILES string of the molecule is NC(N)=N[C@@H](C(=O)O)c1ccccc1. The minimum absolute atomic E-state index is 0.235. The smallest absolute Gasteiger partial charge is 0.333 e. The van der Waals surface area contributed by atoms with E-state index in [1.165, 1.54) is 0 Å². The molecule has 0 saturated carbocycles. The first-order chi connectivity index (χ1) is 6.61. The van der Waals surface area contributed by atoms with Crippen molar-refractivity contribution in [3.63, 3.8) is 0 Å². The van der Waals surface area contributed by atoms with Crippen LogP contribution in [0.2, 0.25) is 0 Å². The van der Waals surface area contributed by atoms with E-state index in [1.807, 2.05) is 0 Å². The predicted octanol–water partition coefficient (Wildman–Crippen LogP) is 0.0857. The first-order valence-corrected chi connectivity index (χ1v) is 3.97. The number of carboxylic acids is 1. The second kappa shape index (κ2) is 4.27. The van der Waals surface area contributed by atoms with Crippen LogP contribution >= 0.6 is 0 Å². The molecule has 0 bridgehead atoms. The molecule has 5 heteroatoms. The highest BCUT2D eigenvalue weighted by molar-refractivity contribution is 5.82. The fourth-order valence-corrected chi connectivity index (χ4v) is 1.06. The third-order valence-electron chi connectivity index (χ3n) is 1.63. The van der Waals surface area contributed by atoms with Gasteiger partial charge in [-0.15, -0.1) is 0 Å². The number of nitrogens with zero attached hydrogens (tertiary/aromatic N) is 1. The lowest BCUT2D eigenvalue weighted by atomic mass is 10.1. The first kappa shape index (κ1) is 10.0. The van der Waals surface area contributed by atoms with Crippen LogP contribution in [0.15, 0.2) is 35.3 Å². The molecule has 5 N–H and O–H groups in total. The van der Waals surface area contributed by atoms with Crippen LogP contribution in [-0.4, -0.2) is 17.0 Å². The van der Waals surface area contributed by atoms with Crippen molar-refractivity contribution in [1.29, 1.82) is 0 Å². The summed E-state index contributed by atoms with van der Waals surface area (Å²) < 4.78 is 0. The van der Waals surface area contributed by atoms with Crippen LogP contribution in [0.25, 0.3) is 0 Å². The zero-order chi connectivity index (χ0) is 10.6. The molecule has 0 saturated heterocycles. The van der Waals surface area contributed by atoms with Crippen LogP contribution < -0.4 is 11.5 Å². The Hall–Kier alpha value is -2.04. The number of nitrogens with two attached hydrogens (primary N) is 2. The van der Waals surface area contributed by atoms with Crippen LogP contribution in [0.1, 0.15) is 11.6 Å². The number of hydrogen-bond acceptors (Lipinski definition) is 2. The number of aliphatic imine (C=N–C) groups is 1. The summed E-state index contributed by atoms with van der Waals surface area (Å²) in [7, 11) is 0. The van der Waals surface area contributed by atoms with Crippen molar-refractivity contribution in [1.82, 2.24) is 0 Å². The Bertz CT molecular complexity index is 344. The maximum Gasteiger partial charge on any atom is 0.333 e. The molecule has 0 spiro atoms. The zero-order valence-electron chi connectivity index (χ0n) is 7.42. The van der Waals surface area contributed by atoms with Crippen molar-refractivity contribution in [2.75, 3.05) is 0 Å². The summed E-state index contributed by atoms with van der Waals surface area (Å²) in [5.41, 5.74) is 10.8. The van der Waals surface area contributed by atoms with E-state index in [1.54, 1.807) is 30.3 Å². The Morgan fingerprint density at radius 1 is 1.29 bits per heavy atom. The van der Waals surface area contributed by atoms with Gasteiger partial charge in [-0.3, -0.25) is 0 Å². The number of guanidine groups is 1. The summed E-state index contributed by atoms with van der Waals surface area (Å²) in [6.07, 6.45) is 0. The number of hydrogen-bond donors (Lipinski definition) is 3. The molecule has 1 rings (SSSR count).